The van der Waals surface area contributed by atoms with Crippen molar-refractivity contribution in [1.82, 2.24) is 5.32 Å². The number of amides is 1. The molecule has 1 aromatic rings. The molecular weight excluding hydrogens is 290 g/mol. The van der Waals surface area contributed by atoms with E-state index in [9.17, 15) is 14.7 Å². The lowest BCUT2D eigenvalue weighted by Crippen LogP contribution is -2.55. The number of methoxy groups -OCH3 is 2. The van der Waals surface area contributed by atoms with Crippen molar-refractivity contribution in [2.75, 3.05) is 27.4 Å². The van der Waals surface area contributed by atoms with Gasteiger partial charge in [0, 0.05) is 18.6 Å². The molecule has 1 aliphatic heterocycles. The zero-order chi connectivity index (χ0) is 16.2. The van der Waals surface area contributed by atoms with Crippen LogP contribution in [-0.4, -0.2) is 50.0 Å². The van der Waals surface area contributed by atoms with Crippen molar-refractivity contribution in [3.63, 3.8) is 0 Å². The van der Waals surface area contributed by atoms with Gasteiger partial charge in [-0.2, -0.15) is 0 Å². The standard InChI is InChI=1S/C15H19NO6/c1-20-11-4-3-5-12(21-2)10(11)8-13(17)16-15(14(18)19)6-7-22-9-15/h3-5H,6-9H2,1-2H3,(H,16,17)(H,18,19). The Kier molecular flexibility index (Phi) is 4.87. The van der Waals surface area contributed by atoms with Gasteiger partial charge in [0.05, 0.1) is 27.2 Å². The first kappa shape index (κ1) is 16.1. The average molecular weight is 309 g/mol. The van der Waals surface area contributed by atoms with Gasteiger partial charge in [0.25, 0.3) is 0 Å². The first-order valence-corrected chi connectivity index (χ1v) is 6.84. The lowest BCUT2D eigenvalue weighted by Gasteiger charge is -2.24. The number of aliphatic carboxylic acids is 1. The van der Waals surface area contributed by atoms with Gasteiger partial charge in [-0.3, -0.25) is 4.79 Å². The smallest absolute Gasteiger partial charge is 0.331 e. The number of rotatable bonds is 6. The normalized spacial score (nSPS) is 20.5. The lowest BCUT2D eigenvalue weighted by molar-refractivity contribution is -0.147. The molecule has 2 N–H and O–H groups in total. The molecule has 22 heavy (non-hydrogen) atoms. The van der Waals surface area contributed by atoms with Crippen molar-refractivity contribution in [2.24, 2.45) is 0 Å². The Balaban J connectivity index is 2.17. The van der Waals surface area contributed by atoms with Crippen LogP contribution in [0.5, 0.6) is 11.5 Å². The van der Waals surface area contributed by atoms with E-state index in [0.29, 0.717) is 23.7 Å². The van der Waals surface area contributed by atoms with Gasteiger partial charge >= 0.3 is 5.97 Å². The maximum atomic E-state index is 12.3. The van der Waals surface area contributed by atoms with E-state index in [1.54, 1.807) is 18.2 Å². The highest BCUT2D eigenvalue weighted by Crippen LogP contribution is 2.29. The topological polar surface area (TPSA) is 94.1 Å². The summed E-state index contributed by atoms with van der Waals surface area (Å²) in [4.78, 5) is 23.7. The maximum absolute atomic E-state index is 12.3. The average Bonchev–Trinajstić information content (AvgIpc) is 2.97. The molecule has 0 aromatic heterocycles. The highest BCUT2D eigenvalue weighted by Gasteiger charge is 2.44. The minimum absolute atomic E-state index is 0.0306. The van der Waals surface area contributed by atoms with Gasteiger partial charge in [-0.25, -0.2) is 4.79 Å². The number of carbonyl (C=O) groups is 2. The van der Waals surface area contributed by atoms with E-state index in [-0.39, 0.29) is 19.4 Å². The van der Waals surface area contributed by atoms with Crippen LogP contribution < -0.4 is 14.8 Å². The summed E-state index contributed by atoms with van der Waals surface area (Å²) in [6.45, 7) is 0.279. The Hall–Kier alpha value is -2.28. The van der Waals surface area contributed by atoms with Gasteiger partial charge < -0.3 is 24.6 Å². The summed E-state index contributed by atoms with van der Waals surface area (Å²) in [7, 11) is 3.00. The van der Waals surface area contributed by atoms with Crippen LogP contribution in [0, 0.1) is 0 Å². The van der Waals surface area contributed by atoms with Crippen molar-refractivity contribution in [3.05, 3.63) is 23.8 Å². The molecule has 0 saturated carbocycles. The molecule has 1 aliphatic rings. The van der Waals surface area contributed by atoms with Crippen LogP contribution in [0.15, 0.2) is 18.2 Å². The quantitative estimate of drug-likeness (QED) is 0.799. The fraction of sp³-hybridized carbons (Fsp3) is 0.467. The summed E-state index contributed by atoms with van der Waals surface area (Å²) in [5.74, 6) is -0.482. The van der Waals surface area contributed by atoms with Gasteiger partial charge in [-0.05, 0) is 12.1 Å². The van der Waals surface area contributed by atoms with E-state index in [2.05, 4.69) is 5.32 Å². The third-order valence-electron chi connectivity index (χ3n) is 3.68. The molecule has 2 rings (SSSR count). The van der Waals surface area contributed by atoms with Crippen LogP contribution in [0.1, 0.15) is 12.0 Å². The molecule has 1 saturated heterocycles. The maximum Gasteiger partial charge on any atom is 0.331 e. The minimum atomic E-state index is -1.35. The Morgan fingerprint density at radius 3 is 2.41 bits per heavy atom. The number of carbonyl (C=O) groups excluding carboxylic acids is 1. The van der Waals surface area contributed by atoms with E-state index >= 15 is 0 Å². The van der Waals surface area contributed by atoms with Crippen LogP contribution in [0.4, 0.5) is 0 Å². The first-order valence-electron chi connectivity index (χ1n) is 6.84. The predicted octanol–water partition coefficient (Wildman–Crippen LogP) is 0.606. The minimum Gasteiger partial charge on any atom is -0.496 e. The second-order valence-corrected chi connectivity index (χ2v) is 5.06. The molecule has 1 atom stereocenters. The number of carboxylic acids is 1. The third-order valence-corrected chi connectivity index (χ3v) is 3.68. The van der Waals surface area contributed by atoms with E-state index in [1.165, 1.54) is 14.2 Å². The highest BCUT2D eigenvalue weighted by atomic mass is 16.5. The van der Waals surface area contributed by atoms with Crippen LogP contribution in [0.25, 0.3) is 0 Å². The monoisotopic (exact) mass is 309 g/mol. The van der Waals surface area contributed by atoms with Crippen molar-refractivity contribution in [2.45, 2.75) is 18.4 Å². The number of ether oxygens (including phenoxy) is 3. The number of hydrogen-bond donors (Lipinski definition) is 2. The van der Waals surface area contributed by atoms with Crippen molar-refractivity contribution in [3.8, 4) is 11.5 Å². The zero-order valence-corrected chi connectivity index (χ0v) is 12.5. The number of hydrogen-bond acceptors (Lipinski definition) is 5. The fourth-order valence-corrected chi connectivity index (χ4v) is 2.46. The van der Waals surface area contributed by atoms with Gasteiger partial charge in [-0.1, -0.05) is 6.07 Å². The molecule has 120 valence electrons. The molecule has 1 unspecified atom stereocenters. The van der Waals surface area contributed by atoms with Crippen molar-refractivity contribution < 1.29 is 28.9 Å². The molecule has 1 fully saturated rings. The number of carboxylic acid groups (broad SMARTS) is 1. The molecule has 0 spiro atoms. The molecule has 0 radical (unpaired) electrons. The van der Waals surface area contributed by atoms with E-state index in [0.717, 1.165) is 0 Å². The Bertz CT molecular complexity index is 543. The number of benzene rings is 1. The van der Waals surface area contributed by atoms with Gasteiger partial charge in [0.15, 0.2) is 5.54 Å². The Morgan fingerprint density at radius 1 is 1.32 bits per heavy atom. The van der Waals surface area contributed by atoms with Crippen LogP contribution in [0.3, 0.4) is 0 Å². The fourth-order valence-electron chi connectivity index (χ4n) is 2.46. The molecule has 1 heterocycles. The third kappa shape index (κ3) is 3.14. The van der Waals surface area contributed by atoms with Crippen LogP contribution >= 0.6 is 0 Å². The summed E-state index contributed by atoms with van der Waals surface area (Å²) in [6.07, 6.45) is 0.208. The zero-order valence-electron chi connectivity index (χ0n) is 12.5. The van der Waals surface area contributed by atoms with Gasteiger partial charge in [0.1, 0.15) is 11.5 Å². The second kappa shape index (κ2) is 6.65. The first-order chi connectivity index (χ1) is 10.5. The van der Waals surface area contributed by atoms with Crippen molar-refractivity contribution >= 4 is 11.9 Å². The number of nitrogens with one attached hydrogen (secondary N) is 1. The van der Waals surface area contributed by atoms with E-state index in [1.807, 2.05) is 0 Å². The van der Waals surface area contributed by atoms with Gasteiger partial charge in [0.2, 0.25) is 5.91 Å². The summed E-state index contributed by atoms with van der Waals surface area (Å²) in [5, 5.41) is 11.9. The molecule has 0 bridgehead atoms. The Labute approximate surface area is 128 Å². The van der Waals surface area contributed by atoms with Gasteiger partial charge in [-0.15, -0.1) is 0 Å². The second-order valence-electron chi connectivity index (χ2n) is 5.06. The Morgan fingerprint density at radius 2 is 1.95 bits per heavy atom. The highest BCUT2D eigenvalue weighted by molar-refractivity contribution is 5.89. The summed E-state index contributed by atoms with van der Waals surface area (Å²) >= 11 is 0. The summed E-state index contributed by atoms with van der Waals surface area (Å²) in [6, 6.07) is 5.19. The molecule has 1 aromatic carbocycles. The van der Waals surface area contributed by atoms with E-state index < -0.39 is 17.4 Å². The lowest BCUT2D eigenvalue weighted by atomic mass is 9.98. The predicted molar refractivity (Wildman–Crippen MR) is 77.2 cm³/mol. The largest absolute Gasteiger partial charge is 0.496 e. The van der Waals surface area contributed by atoms with Crippen LogP contribution in [0.2, 0.25) is 0 Å². The molecule has 7 nitrogen and oxygen atoms in total. The summed E-state index contributed by atoms with van der Waals surface area (Å²) < 4.78 is 15.6. The molecule has 1 amide bonds. The SMILES string of the molecule is COc1cccc(OC)c1CC(=O)NC1(C(=O)O)CCOC1. The molecular formula is C15H19NO6. The molecule has 0 aliphatic carbocycles. The summed E-state index contributed by atoms with van der Waals surface area (Å²) in [5.41, 5.74) is -0.781. The van der Waals surface area contributed by atoms with Crippen LogP contribution in [-0.2, 0) is 20.7 Å². The molecule has 7 heteroatoms. The van der Waals surface area contributed by atoms with E-state index in [4.69, 9.17) is 14.2 Å². The van der Waals surface area contributed by atoms with Crippen molar-refractivity contribution in [1.29, 1.82) is 0 Å².